The van der Waals surface area contributed by atoms with Crippen molar-refractivity contribution < 1.29 is 28.2 Å². The zero-order valence-corrected chi connectivity index (χ0v) is 31.5. The van der Waals surface area contributed by atoms with E-state index in [0.29, 0.717) is 57.1 Å². The Kier molecular flexibility index (Phi) is 9.11. The second-order valence-electron chi connectivity index (χ2n) is 16.6. The van der Waals surface area contributed by atoms with Crippen molar-refractivity contribution in [2.75, 3.05) is 50.6 Å². The molecule has 2 fully saturated rings. The Morgan fingerprint density at radius 3 is 2.75 bits per heavy atom. The summed E-state index contributed by atoms with van der Waals surface area (Å²) in [5.41, 5.74) is 4.41. The van der Waals surface area contributed by atoms with Crippen molar-refractivity contribution in [2.24, 2.45) is 0 Å². The fraction of sp³-hybridized carbons (Fsp3) is 0.615. The van der Waals surface area contributed by atoms with Crippen LogP contribution in [0, 0.1) is 0 Å². The highest BCUT2D eigenvalue weighted by molar-refractivity contribution is 5.92. The van der Waals surface area contributed by atoms with Crippen LogP contribution in [0.5, 0.6) is 6.01 Å². The summed E-state index contributed by atoms with van der Waals surface area (Å²) in [6.45, 7) is 9.39. The highest BCUT2D eigenvalue weighted by atomic mass is 19.1. The Hall–Kier alpha value is -4.30. The molecule has 2 amide bonds. The largest absolute Gasteiger partial charge is 0.461 e. The maximum Gasteiger partial charge on any atom is 0.412 e. The van der Waals surface area contributed by atoms with Crippen LogP contribution in [0.4, 0.5) is 20.7 Å². The number of benzene rings is 1. The first-order chi connectivity index (χ1) is 25.3. The monoisotopic (exact) mass is 730 g/mol. The molecular weight excluding hydrogens is 679 g/mol. The molecule has 0 radical (unpaired) electrons. The number of aryl methyl sites for hydroxylation is 2. The van der Waals surface area contributed by atoms with E-state index in [0.717, 1.165) is 79.9 Å². The van der Waals surface area contributed by atoms with E-state index in [1.54, 1.807) is 14.1 Å². The number of alkyl halides is 1. The third-order valence-corrected chi connectivity index (χ3v) is 11.4. The molecule has 2 aromatic heterocycles. The highest BCUT2D eigenvalue weighted by Crippen LogP contribution is 2.47. The van der Waals surface area contributed by atoms with E-state index >= 15 is 0 Å². The fourth-order valence-corrected chi connectivity index (χ4v) is 9.02. The van der Waals surface area contributed by atoms with E-state index < -0.39 is 23.5 Å². The normalized spacial score (nSPS) is 25.2. The molecule has 4 aliphatic heterocycles. The molecule has 3 aromatic rings. The van der Waals surface area contributed by atoms with Gasteiger partial charge in [0.1, 0.15) is 24.2 Å². The zero-order valence-electron chi connectivity index (χ0n) is 31.5. The summed E-state index contributed by atoms with van der Waals surface area (Å²) in [7, 11) is 3.46. The topological polar surface area (TPSA) is 127 Å². The number of nitrogens with zero attached hydrogens (tertiary/aromatic N) is 7. The van der Waals surface area contributed by atoms with Crippen LogP contribution in [-0.2, 0) is 47.6 Å². The lowest BCUT2D eigenvalue weighted by atomic mass is 9.74. The van der Waals surface area contributed by atoms with Crippen LogP contribution >= 0.6 is 0 Å². The molecular formula is C39H51FN8O5. The van der Waals surface area contributed by atoms with Crippen molar-refractivity contribution in [1.82, 2.24) is 29.5 Å². The third-order valence-electron chi connectivity index (χ3n) is 11.4. The first-order valence-electron chi connectivity index (χ1n) is 19.0. The Balaban J connectivity index is 1.14. The van der Waals surface area contributed by atoms with Gasteiger partial charge in [0.05, 0.1) is 35.7 Å². The van der Waals surface area contributed by atoms with Gasteiger partial charge in [0.15, 0.2) is 5.69 Å². The number of carbonyl (C=O) groups is 2. The first kappa shape index (κ1) is 35.7. The molecule has 1 N–H and O–H groups in total. The average Bonchev–Trinajstić information content (AvgIpc) is 3.73. The van der Waals surface area contributed by atoms with Crippen molar-refractivity contribution in [3.05, 3.63) is 58.0 Å². The average molecular weight is 731 g/mol. The minimum Gasteiger partial charge on any atom is -0.461 e. The number of fused-ring (bicyclic) bond motifs is 5. The van der Waals surface area contributed by atoms with E-state index in [1.807, 2.05) is 43.7 Å². The van der Waals surface area contributed by atoms with Crippen LogP contribution in [0.2, 0.25) is 0 Å². The number of aromatic nitrogens is 4. The van der Waals surface area contributed by atoms with Crippen molar-refractivity contribution in [1.29, 1.82) is 0 Å². The van der Waals surface area contributed by atoms with Crippen molar-refractivity contribution in [3.8, 4) is 6.01 Å². The van der Waals surface area contributed by atoms with Gasteiger partial charge >= 0.3 is 12.1 Å². The van der Waals surface area contributed by atoms with E-state index in [4.69, 9.17) is 24.2 Å². The minimum atomic E-state index is -0.858. The molecule has 1 spiro atoms. The van der Waals surface area contributed by atoms with Gasteiger partial charge in [-0.3, -0.25) is 19.7 Å². The Bertz CT molecular complexity index is 1910. The van der Waals surface area contributed by atoms with Crippen LogP contribution in [0.15, 0.2) is 24.3 Å². The molecule has 0 saturated carbocycles. The van der Waals surface area contributed by atoms with E-state index in [1.165, 1.54) is 10.5 Å². The predicted octanol–water partition coefficient (Wildman–Crippen LogP) is 5.39. The van der Waals surface area contributed by atoms with Gasteiger partial charge in [-0.15, -0.1) is 0 Å². The van der Waals surface area contributed by atoms with Gasteiger partial charge < -0.3 is 24.0 Å². The molecule has 3 atom stereocenters. The summed E-state index contributed by atoms with van der Waals surface area (Å²) in [6.07, 6.45) is 4.99. The van der Waals surface area contributed by atoms with Gasteiger partial charge in [-0.2, -0.15) is 15.1 Å². The predicted molar refractivity (Wildman–Crippen MR) is 196 cm³/mol. The molecule has 1 unspecified atom stereocenters. The fourth-order valence-electron chi connectivity index (χ4n) is 9.02. The molecule has 14 heteroatoms. The summed E-state index contributed by atoms with van der Waals surface area (Å²) in [5, 5.41) is 7.56. The van der Waals surface area contributed by atoms with Crippen molar-refractivity contribution in [2.45, 2.75) is 115 Å². The summed E-state index contributed by atoms with van der Waals surface area (Å²) >= 11 is 0. The number of anilines is 2. The van der Waals surface area contributed by atoms with Crippen LogP contribution in [0.25, 0.3) is 0 Å². The first-order valence-corrected chi connectivity index (χ1v) is 19.0. The Morgan fingerprint density at radius 1 is 1.09 bits per heavy atom. The second-order valence-corrected chi connectivity index (χ2v) is 16.6. The van der Waals surface area contributed by atoms with Crippen LogP contribution in [-0.4, -0.2) is 99.2 Å². The molecule has 284 valence electrons. The molecule has 8 rings (SSSR count). The maximum absolute atomic E-state index is 14.7. The molecule has 13 nitrogen and oxygen atoms in total. The van der Waals surface area contributed by atoms with Crippen molar-refractivity contribution >= 4 is 23.5 Å². The number of carbonyl (C=O) groups excluding carboxylic acids is 2. The van der Waals surface area contributed by atoms with Crippen LogP contribution in [0.3, 0.4) is 0 Å². The van der Waals surface area contributed by atoms with Crippen LogP contribution in [0.1, 0.15) is 97.9 Å². The Morgan fingerprint density at radius 2 is 1.94 bits per heavy atom. The number of nitrogens with one attached hydrogen (secondary N) is 1. The summed E-state index contributed by atoms with van der Waals surface area (Å²) in [4.78, 5) is 41.7. The lowest BCUT2D eigenvalue weighted by molar-refractivity contribution is -0.0855. The Labute approximate surface area is 310 Å². The lowest BCUT2D eigenvalue weighted by Crippen LogP contribution is -2.44. The number of rotatable bonds is 6. The molecule has 53 heavy (non-hydrogen) atoms. The standard InChI is InChI=1S/C39H51FN8O5/c1-37(2,3)53-36(50)41-27-11-10-25-9-6-13-39(30(25)17-27)20-32-29(23-52-39)33(43-35(42-32)51-24-38-12-7-15-47(38)21-26(40)19-38)46-14-8-16-48-28(22-46)18-31(44-48)34(49)45(4)5/h10-11,17-18,26H,6-9,12-16,19-24H2,1-5H3,(H,41,50)/t26-,38+,39?/m1/s1. The summed E-state index contributed by atoms with van der Waals surface area (Å²) in [6, 6.07) is 8.18. The summed E-state index contributed by atoms with van der Waals surface area (Å²) < 4.78 is 35.6. The number of hydrogen-bond donors (Lipinski definition) is 1. The van der Waals surface area contributed by atoms with Crippen LogP contribution < -0.4 is 15.0 Å². The second kappa shape index (κ2) is 13.5. The van der Waals surface area contributed by atoms with Gasteiger partial charge in [-0.25, -0.2) is 9.18 Å². The highest BCUT2D eigenvalue weighted by Gasteiger charge is 2.50. The quantitative estimate of drug-likeness (QED) is 0.353. The van der Waals surface area contributed by atoms with Gasteiger partial charge in [-0.1, -0.05) is 6.07 Å². The van der Waals surface area contributed by atoms with E-state index in [9.17, 15) is 14.0 Å². The third kappa shape index (κ3) is 6.95. The SMILES string of the molecule is CN(C)C(=O)c1cc2n(n1)CCCN(c1nc(OC[C@@]34CCCN3C[C@H](F)C4)nc3c1COC1(CCCc4ccc(NC(=O)OC(C)(C)C)cc41)C3)C2. The molecule has 1 aliphatic carbocycles. The number of amides is 2. The number of hydrogen-bond acceptors (Lipinski definition) is 10. The van der Waals surface area contributed by atoms with Gasteiger partial charge in [0.25, 0.3) is 5.91 Å². The number of ether oxygens (including phenoxy) is 3. The van der Waals surface area contributed by atoms with E-state index in [-0.39, 0.29) is 17.5 Å². The smallest absolute Gasteiger partial charge is 0.412 e. The molecule has 5 aliphatic rings. The molecule has 2 saturated heterocycles. The van der Waals surface area contributed by atoms with Crippen molar-refractivity contribution in [3.63, 3.8) is 0 Å². The van der Waals surface area contributed by atoms with E-state index in [2.05, 4.69) is 26.3 Å². The van der Waals surface area contributed by atoms with Gasteiger partial charge in [0, 0.05) is 57.8 Å². The lowest BCUT2D eigenvalue weighted by Gasteiger charge is -2.43. The van der Waals surface area contributed by atoms with Gasteiger partial charge in [-0.05, 0) is 95.2 Å². The minimum absolute atomic E-state index is 0.133. The maximum atomic E-state index is 14.7. The molecule has 6 heterocycles. The summed E-state index contributed by atoms with van der Waals surface area (Å²) in [5.74, 6) is 0.618. The number of halogens is 1. The zero-order chi connectivity index (χ0) is 37.1. The van der Waals surface area contributed by atoms with Gasteiger partial charge in [0.2, 0.25) is 0 Å². The molecule has 0 bridgehead atoms. The molecule has 1 aromatic carbocycles.